The molecule has 0 N–H and O–H groups in total. The van der Waals surface area contributed by atoms with E-state index in [0.717, 1.165) is 35.2 Å². The van der Waals surface area contributed by atoms with Gasteiger partial charge in [0.25, 0.3) is 5.91 Å². The minimum absolute atomic E-state index is 0. The molecular formula is C17H11F3LiNO3. The molecule has 0 saturated carbocycles. The number of alkyl halides is 3. The van der Waals surface area contributed by atoms with Gasteiger partial charge in [-0.2, -0.15) is 13.2 Å². The Morgan fingerprint density at radius 3 is 2.12 bits per heavy atom. The minimum Gasteiger partial charge on any atom is -0.545 e. The first kappa shape index (κ1) is 20.6. The summed E-state index contributed by atoms with van der Waals surface area (Å²) in [5, 5.41) is 10.9. The van der Waals surface area contributed by atoms with Gasteiger partial charge in [-0.25, -0.2) is 0 Å². The van der Waals surface area contributed by atoms with Crippen LogP contribution in [0.2, 0.25) is 0 Å². The van der Waals surface area contributed by atoms with Gasteiger partial charge in [0, 0.05) is 11.4 Å². The second kappa shape index (κ2) is 8.06. The van der Waals surface area contributed by atoms with Crippen LogP contribution in [0.1, 0.15) is 15.9 Å². The molecule has 0 radical (unpaired) electrons. The largest absolute Gasteiger partial charge is 1.00 e. The van der Waals surface area contributed by atoms with E-state index in [9.17, 15) is 27.9 Å². The van der Waals surface area contributed by atoms with Gasteiger partial charge in [0.05, 0.1) is 11.5 Å². The van der Waals surface area contributed by atoms with Gasteiger partial charge in [0.1, 0.15) is 0 Å². The first-order chi connectivity index (χ1) is 11.2. The van der Waals surface area contributed by atoms with Crippen LogP contribution < -0.4 is 28.9 Å². The molecule has 0 atom stereocenters. The van der Waals surface area contributed by atoms with Gasteiger partial charge < -0.3 is 9.90 Å². The van der Waals surface area contributed by atoms with Crippen molar-refractivity contribution >= 4 is 23.3 Å². The molecule has 0 fully saturated rings. The van der Waals surface area contributed by atoms with Crippen LogP contribution in [-0.2, 0) is 11.0 Å². The third-order valence-electron chi connectivity index (χ3n) is 3.19. The van der Waals surface area contributed by atoms with Crippen LogP contribution in [0.3, 0.4) is 0 Å². The van der Waals surface area contributed by atoms with Crippen molar-refractivity contribution in [2.75, 3.05) is 4.90 Å². The molecule has 2 aromatic carbocycles. The van der Waals surface area contributed by atoms with Crippen LogP contribution in [0.25, 0.3) is 0 Å². The number of nitrogens with zero attached hydrogens (tertiary/aromatic N) is 1. The quantitative estimate of drug-likeness (QED) is 0.578. The molecule has 0 heterocycles. The third-order valence-corrected chi connectivity index (χ3v) is 3.19. The number of carboxylic acids is 1. The summed E-state index contributed by atoms with van der Waals surface area (Å²) in [6, 6.07) is 9.23. The van der Waals surface area contributed by atoms with Crippen molar-refractivity contribution < 1.29 is 46.7 Å². The van der Waals surface area contributed by atoms with E-state index < -0.39 is 23.6 Å². The maximum absolute atomic E-state index is 12.6. The number of hydrogen-bond donors (Lipinski definition) is 0. The van der Waals surface area contributed by atoms with Gasteiger partial charge in [-0.1, -0.05) is 18.7 Å². The zero-order chi connectivity index (χ0) is 17.9. The van der Waals surface area contributed by atoms with Crippen molar-refractivity contribution in [1.29, 1.82) is 0 Å². The topological polar surface area (TPSA) is 60.4 Å². The van der Waals surface area contributed by atoms with Gasteiger partial charge in [-0.05, 0) is 48.0 Å². The fraction of sp³-hybridized carbons (Fsp3) is 0.0588. The fourth-order valence-electron chi connectivity index (χ4n) is 2.07. The van der Waals surface area contributed by atoms with E-state index in [1.54, 1.807) is 0 Å². The number of rotatable bonds is 4. The first-order valence-corrected chi connectivity index (χ1v) is 6.69. The van der Waals surface area contributed by atoms with Crippen LogP contribution in [0.5, 0.6) is 0 Å². The van der Waals surface area contributed by atoms with Crippen LogP contribution in [0, 0.1) is 0 Å². The van der Waals surface area contributed by atoms with Crippen molar-refractivity contribution in [1.82, 2.24) is 0 Å². The molecule has 0 aromatic heterocycles. The molecule has 0 aliphatic rings. The molecule has 25 heavy (non-hydrogen) atoms. The van der Waals surface area contributed by atoms with Gasteiger partial charge in [-0.15, -0.1) is 0 Å². The van der Waals surface area contributed by atoms with Crippen molar-refractivity contribution in [2.24, 2.45) is 0 Å². The SMILES string of the molecule is C=CC(=O)N(c1ccc(C(F)(F)F)cc1)c1cccc(C(=O)[O-])c1.[Li+]. The van der Waals surface area contributed by atoms with E-state index in [4.69, 9.17) is 0 Å². The second-order valence-corrected chi connectivity index (χ2v) is 4.76. The number of benzene rings is 2. The minimum atomic E-state index is -4.50. The average molecular weight is 341 g/mol. The summed E-state index contributed by atoms with van der Waals surface area (Å²) in [6.07, 6.45) is -3.52. The van der Waals surface area contributed by atoms with Gasteiger partial charge in [-0.3, -0.25) is 9.69 Å². The zero-order valence-electron chi connectivity index (χ0n) is 13.2. The summed E-state index contributed by atoms with van der Waals surface area (Å²) in [5.41, 5.74) is -0.716. The molecule has 8 heteroatoms. The average Bonchev–Trinajstić information content (AvgIpc) is 2.55. The number of amides is 1. The van der Waals surface area contributed by atoms with E-state index in [2.05, 4.69) is 6.58 Å². The second-order valence-electron chi connectivity index (χ2n) is 4.76. The van der Waals surface area contributed by atoms with E-state index in [-0.39, 0.29) is 35.8 Å². The predicted octanol–water partition coefficient (Wildman–Crippen LogP) is -0.0764. The molecule has 0 spiro atoms. The number of halogens is 3. The third kappa shape index (κ3) is 4.75. The maximum Gasteiger partial charge on any atom is 1.00 e. The Morgan fingerprint density at radius 1 is 1.04 bits per heavy atom. The molecule has 0 bridgehead atoms. The summed E-state index contributed by atoms with van der Waals surface area (Å²) in [7, 11) is 0. The number of carboxylic acid groups (broad SMARTS) is 1. The molecule has 2 aromatic rings. The standard InChI is InChI=1S/C17H12F3NO3.Li/c1-2-15(22)21(14-5-3-4-11(10-14)16(23)24)13-8-6-12(7-9-13)17(18,19)20;/h2-10H,1H2,(H,23,24);/q;+1/p-1. The van der Waals surface area contributed by atoms with Crippen LogP contribution >= 0.6 is 0 Å². The van der Waals surface area contributed by atoms with E-state index in [0.29, 0.717) is 0 Å². The van der Waals surface area contributed by atoms with Crippen molar-refractivity contribution in [3.05, 3.63) is 72.3 Å². The number of carbonyl (C=O) groups is 2. The van der Waals surface area contributed by atoms with E-state index in [1.165, 1.54) is 24.3 Å². The number of carbonyl (C=O) groups excluding carboxylic acids is 2. The molecule has 0 aliphatic heterocycles. The van der Waals surface area contributed by atoms with Crippen LogP contribution in [-0.4, -0.2) is 11.9 Å². The molecule has 0 aliphatic carbocycles. The molecule has 0 unspecified atom stereocenters. The van der Waals surface area contributed by atoms with Crippen molar-refractivity contribution in [3.63, 3.8) is 0 Å². The van der Waals surface area contributed by atoms with Crippen molar-refractivity contribution in [2.45, 2.75) is 6.18 Å². The Hall–Kier alpha value is -2.49. The van der Waals surface area contributed by atoms with Crippen LogP contribution in [0.4, 0.5) is 24.5 Å². The van der Waals surface area contributed by atoms with Crippen LogP contribution in [0.15, 0.2) is 61.2 Å². The Bertz CT molecular complexity index is 788. The normalized spacial score (nSPS) is 10.5. The molecule has 1 amide bonds. The fourth-order valence-corrected chi connectivity index (χ4v) is 2.07. The van der Waals surface area contributed by atoms with Gasteiger partial charge >= 0.3 is 25.0 Å². The van der Waals surface area contributed by atoms with Gasteiger partial charge in [0.15, 0.2) is 0 Å². The summed E-state index contributed by atoms with van der Waals surface area (Å²) in [4.78, 5) is 24.1. The number of aromatic carboxylic acids is 1. The molecule has 4 nitrogen and oxygen atoms in total. The maximum atomic E-state index is 12.6. The predicted molar refractivity (Wildman–Crippen MR) is 79.6 cm³/mol. The van der Waals surface area contributed by atoms with E-state index in [1.807, 2.05) is 0 Å². The van der Waals surface area contributed by atoms with Crippen molar-refractivity contribution in [3.8, 4) is 0 Å². The Kier molecular flexibility index (Phi) is 6.62. The number of hydrogen-bond acceptors (Lipinski definition) is 3. The molecule has 0 saturated heterocycles. The zero-order valence-corrected chi connectivity index (χ0v) is 13.2. The molecule has 2 rings (SSSR count). The molecular weight excluding hydrogens is 330 g/mol. The Morgan fingerprint density at radius 2 is 1.64 bits per heavy atom. The Balaban J connectivity index is 0.00000312. The summed E-state index contributed by atoms with van der Waals surface area (Å²) in [5.74, 6) is -2.06. The first-order valence-electron chi connectivity index (χ1n) is 6.69. The Labute approximate surface area is 153 Å². The monoisotopic (exact) mass is 341 g/mol. The van der Waals surface area contributed by atoms with Gasteiger partial charge in [0.2, 0.25) is 0 Å². The smallest absolute Gasteiger partial charge is 0.545 e. The summed E-state index contributed by atoms with van der Waals surface area (Å²) in [6.45, 7) is 3.35. The molecule has 124 valence electrons. The summed E-state index contributed by atoms with van der Waals surface area (Å²) >= 11 is 0. The number of anilines is 2. The summed E-state index contributed by atoms with van der Waals surface area (Å²) < 4.78 is 37.9. The van der Waals surface area contributed by atoms with E-state index >= 15 is 0 Å².